The van der Waals surface area contributed by atoms with Gasteiger partial charge in [-0.05, 0) is 31.9 Å². The van der Waals surface area contributed by atoms with Crippen molar-refractivity contribution in [1.29, 1.82) is 0 Å². The van der Waals surface area contributed by atoms with E-state index < -0.39 is 0 Å². The van der Waals surface area contributed by atoms with Gasteiger partial charge < -0.3 is 10.1 Å². The van der Waals surface area contributed by atoms with Gasteiger partial charge in [-0.2, -0.15) is 0 Å². The zero-order valence-corrected chi connectivity index (χ0v) is 12.1. The van der Waals surface area contributed by atoms with Crippen LogP contribution >= 0.6 is 0 Å². The molecule has 20 heavy (non-hydrogen) atoms. The summed E-state index contributed by atoms with van der Waals surface area (Å²) in [5.41, 5.74) is 0.722. The highest BCUT2D eigenvalue weighted by molar-refractivity contribution is 5.28. The fourth-order valence-corrected chi connectivity index (χ4v) is 3.52. The van der Waals surface area contributed by atoms with Gasteiger partial charge in [-0.25, -0.2) is 4.39 Å². The molecule has 0 saturated carbocycles. The van der Waals surface area contributed by atoms with Crippen LogP contribution in [0.25, 0.3) is 0 Å². The zero-order valence-electron chi connectivity index (χ0n) is 12.1. The van der Waals surface area contributed by atoms with E-state index in [1.807, 2.05) is 12.1 Å². The normalized spacial score (nSPS) is 26.5. The van der Waals surface area contributed by atoms with Crippen LogP contribution in [0.2, 0.25) is 0 Å². The third kappa shape index (κ3) is 2.81. The van der Waals surface area contributed by atoms with Gasteiger partial charge in [0, 0.05) is 36.8 Å². The van der Waals surface area contributed by atoms with Gasteiger partial charge in [0.05, 0.1) is 7.11 Å². The smallest absolute Gasteiger partial charge is 0.131 e. The molecule has 2 atom stereocenters. The van der Waals surface area contributed by atoms with Crippen LogP contribution in [-0.4, -0.2) is 37.2 Å². The third-order valence-electron chi connectivity index (χ3n) is 4.67. The number of hydrogen-bond donors (Lipinski definition) is 1. The highest BCUT2D eigenvalue weighted by atomic mass is 19.1. The summed E-state index contributed by atoms with van der Waals surface area (Å²) in [7, 11) is 1.56. The minimum atomic E-state index is -0.185. The van der Waals surface area contributed by atoms with Gasteiger partial charge in [-0.1, -0.05) is 12.5 Å². The van der Waals surface area contributed by atoms with Crippen molar-refractivity contribution in [3.8, 4) is 5.75 Å². The Bertz CT molecular complexity index is 466. The van der Waals surface area contributed by atoms with E-state index in [9.17, 15) is 4.39 Å². The Hall–Kier alpha value is -1.13. The molecule has 2 fully saturated rings. The lowest BCUT2D eigenvalue weighted by Gasteiger charge is -2.32. The molecule has 2 aliphatic rings. The second-order valence-corrected chi connectivity index (χ2v) is 5.83. The number of nitrogens with zero attached hydrogens (tertiary/aromatic N) is 1. The van der Waals surface area contributed by atoms with E-state index in [2.05, 4.69) is 10.2 Å². The van der Waals surface area contributed by atoms with Crippen molar-refractivity contribution in [2.75, 3.05) is 20.2 Å². The Morgan fingerprint density at radius 2 is 2.20 bits per heavy atom. The topological polar surface area (TPSA) is 24.5 Å². The first-order chi connectivity index (χ1) is 9.78. The summed E-state index contributed by atoms with van der Waals surface area (Å²) in [5.74, 6) is 0.390. The molecule has 110 valence electrons. The molecule has 0 radical (unpaired) electrons. The van der Waals surface area contributed by atoms with Crippen LogP contribution < -0.4 is 10.1 Å². The van der Waals surface area contributed by atoms with E-state index in [0.717, 1.165) is 5.56 Å². The van der Waals surface area contributed by atoms with Gasteiger partial charge in [0.1, 0.15) is 11.6 Å². The highest BCUT2D eigenvalue weighted by Gasteiger charge is 2.34. The van der Waals surface area contributed by atoms with Crippen LogP contribution in [0.5, 0.6) is 5.75 Å². The predicted molar refractivity (Wildman–Crippen MR) is 77.4 cm³/mol. The fraction of sp³-hybridized carbons (Fsp3) is 0.625. The largest absolute Gasteiger partial charge is 0.497 e. The van der Waals surface area contributed by atoms with Gasteiger partial charge in [0.25, 0.3) is 0 Å². The maximum Gasteiger partial charge on any atom is 0.131 e. The third-order valence-corrected chi connectivity index (χ3v) is 4.67. The molecule has 0 amide bonds. The maximum atomic E-state index is 13.9. The van der Waals surface area contributed by atoms with Crippen LogP contribution in [0.1, 0.15) is 31.2 Å². The lowest BCUT2D eigenvalue weighted by molar-refractivity contribution is 0.180. The molecule has 1 N–H and O–H groups in total. The SMILES string of the molecule is COc1ccc(CNC2CCN3CCCCC23)c(F)c1. The lowest BCUT2D eigenvalue weighted by atomic mass is 9.99. The summed E-state index contributed by atoms with van der Waals surface area (Å²) in [6.07, 6.45) is 5.12. The first kappa shape index (κ1) is 13.8. The van der Waals surface area contributed by atoms with Crippen molar-refractivity contribution in [2.45, 2.75) is 44.3 Å². The molecule has 3 nitrogen and oxygen atoms in total. The summed E-state index contributed by atoms with van der Waals surface area (Å²) in [4.78, 5) is 2.59. The summed E-state index contributed by atoms with van der Waals surface area (Å²) >= 11 is 0. The quantitative estimate of drug-likeness (QED) is 0.916. The summed E-state index contributed by atoms with van der Waals surface area (Å²) in [5, 5.41) is 3.55. The standard InChI is InChI=1S/C16H23FN2O/c1-20-13-6-5-12(14(17)10-13)11-18-15-7-9-19-8-3-2-4-16(15)19/h5-6,10,15-16,18H,2-4,7-9,11H2,1H3. The second-order valence-electron chi connectivity index (χ2n) is 5.83. The number of methoxy groups -OCH3 is 1. The van der Waals surface area contributed by atoms with Gasteiger partial charge in [0.2, 0.25) is 0 Å². The highest BCUT2D eigenvalue weighted by Crippen LogP contribution is 2.27. The van der Waals surface area contributed by atoms with Crippen molar-refractivity contribution < 1.29 is 9.13 Å². The van der Waals surface area contributed by atoms with Gasteiger partial charge in [-0.3, -0.25) is 4.90 Å². The number of hydrogen-bond acceptors (Lipinski definition) is 3. The Labute approximate surface area is 120 Å². The van der Waals surface area contributed by atoms with Crippen molar-refractivity contribution in [2.24, 2.45) is 0 Å². The molecule has 0 aromatic heterocycles. The van der Waals surface area contributed by atoms with Gasteiger partial charge in [-0.15, -0.1) is 0 Å². The number of ether oxygens (including phenoxy) is 1. The minimum absolute atomic E-state index is 0.185. The van der Waals surface area contributed by atoms with Gasteiger partial charge >= 0.3 is 0 Å². The Morgan fingerprint density at radius 3 is 3.00 bits per heavy atom. The number of halogens is 1. The Morgan fingerprint density at radius 1 is 1.30 bits per heavy atom. The average molecular weight is 278 g/mol. The van der Waals surface area contributed by atoms with E-state index in [4.69, 9.17) is 4.74 Å². The molecule has 4 heteroatoms. The van der Waals surface area contributed by atoms with Crippen LogP contribution in [0.15, 0.2) is 18.2 Å². The minimum Gasteiger partial charge on any atom is -0.497 e. The van der Waals surface area contributed by atoms with Crippen LogP contribution in [0.4, 0.5) is 4.39 Å². The van der Waals surface area contributed by atoms with E-state index in [1.54, 1.807) is 7.11 Å². The van der Waals surface area contributed by atoms with Crippen molar-refractivity contribution in [1.82, 2.24) is 10.2 Å². The number of piperidine rings is 1. The summed E-state index contributed by atoms with van der Waals surface area (Å²) in [6, 6.07) is 6.26. The summed E-state index contributed by atoms with van der Waals surface area (Å²) in [6.45, 7) is 3.03. The number of fused-ring (bicyclic) bond motifs is 1. The molecule has 1 aromatic rings. The first-order valence-electron chi connectivity index (χ1n) is 7.58. The monoisotopic (exact) mass is 278 g/mol. The van der Waals surface area contributed by atoms with E-state index in [-0.39, 0.29) is 5.82 Å². The van der Waals surface area contributed by atoms with E-state index in [1.165, 1.54) is 44.8 Å². The van der Waals surface area contributed by atoms with Crippen LogP contribution in [0.3, 0.4) is 0 Å². The Kier molecular flexibility index (Phi) is 4.22. The Balaban J connectivity index is 1.59. The molecule has 0 aliphatic carbocycles. The molecular weight excluding hydrogens is 255 g/mol. The van der Waals surface area contributed by atoms with Crippen LogP contribution in [0, 0.1) is 5.82 Å². The van der Waals surface area contributed by atoms with E-state index >= 15 is 0 Å². The molecule has 3 rings (SSSR count). The lowest BCUT2D eigenvalue weighted by Crippen LogP contribution is -2.44. The number of benzene rings is 1. The van der Waals surface area contributed by atoms with Crippen molar-refractivity contribution in [3.05, 3.63) is 29.6 Å². The predicted octanol–water partition coefficient (Wildman–Crippen LogP) is 2.55. The molecule has 0 spiro atoms. The molecule has 0 bridgehead atoms. The number of rotatable bonds is 4. The molecule has 2 unspecified atom stereocenters. The van der Waals surface area contributed by atoms with Crippen molar-refractivity contribution in [3.63, 3.8) is 0 Å². The van der Waals surface area contributed by atoms with Gasteiger partial charge in [0.15, 0.2) is 0 Å². The van der Waals surface area contributed by atoms with Crippen LogP contribution in [-0.2, 0) is 6.54 Å². The molecule has 2 saturated heterocycles. The molecule has 2 aliphatic heterocycles. The maximum absolute atomic E-state index is 13.9. The molecular formula is C16H23FN2O. The fourth-order valence-electron chi connectivity index (χ4n) is 3.52. The summed E-state index contributed by atoms with van der Waals surface area (Å²) < 4.78 is 18.9. The second kappa shape index (κ2) is 6.10. The first-order valence-corrected chi connectivity index (χ1v) is 7.58. The van der Waals surface area contributed by atoms with E-state index in [0.29, 0.717) is 24.4 Å². The molecule has 1 aromatic carbocycles. The zero-order chi connectivity index (χ0) is 13.9. The van der Waals surface area contributed by atoms with Crippen molar-refractivity contribution >= 4 is 0 Å². The average Bonchev–Trinajstić information content (AvgIpc) is 2.89. The molecule has 2 heterocycles. The number of nitrogens with one attached hydrogen (secondary N) is 1.